The van der Waals surface area contributed by atoms with Gasteiger partial charge in [0.2, 0.25) is 0 Å². The van der Waals surface area contributed by atoms with Crippen LogP contribution in [0, 0.1) is 5.92 Å². The number of piperidine rings is 1. The summed E-state index contributed by atoms with van der Waals surface area (Å²) in [6.45, 7) is 5.48. The van der Waals surface area contributed by atoms with Gasteiger partial charge in [-0.3, -0.25) is 4.99 Å². The van der Waals surface area contributed by atoms with Crippen LogP contribution in [0.25, 0.3) is 0 Å². The molecule has 1 aromatic rings. The Morgan fingerprint density at radius 1 is 1.15 bits per heavy atom. The molecule has 2 N–H and O–H groups in total. The second-order valence-electron chi connectivity index (χ2n) is 8.02. The Hall–Kier alpha value is -1.59. The van der Waals surface area contributed by atoms with Gasteiger partial charge in [-0.2, -0.15) is 0 Å². The smallest absolute Gasteiger partial charge is 0.191 e. The largest absolute Gasteiger partial charge is 0.381 e. The summed E-state index contributed by atoms with van der Waals surface area (Å²) in [5.74, 6) is 2.35. The molecule has 3 atom stereocenters. The highest BCUT2D eigenvalue weighted by Crippen LogP contribution is 2.40. The number of guanidine groups is 1. The molecule has 2 saturated heterocycles. The molecular weight excluding hydrogens is 324 g/mol. The van der Waals surface area contributed by atoms with E-state index < -0.39 is 0 Å². The van der Waals surface area contributed by atoms with E-state index in [4.69, 9.17) is 4.74 Å². The fourth-order valence-electron chi connectivity index (χ4n) is 4.32. The normalized spacial score (nSPS) is 30.3. The average molecular weight is 357 g/mol. The number of nitrogens with one attached hydrogen (secondary N) is 2. The first-order valence-corrected chi connectivity index (χ1v) is 10.2. The zero-order valence-electron chi connectivity index (χ0n) is 15.9. The second-order valence-corrected chi connectivity index (χ2v) is 8.02. The number of rotatable bonds is 5. The molecule has 26 heavy (non-hydrogen) atoms. The Bertz CT molecular complexity index is 591. The van der Waals surface area contributed by atoms with E-state index in [1.165, 1.54) is 50.9 Å². The Labute approximate surface area is 157 Å². The number of benzene rings is 1. The molecule has 3 fully saturated rings. The van der Waals surface area contributed by atoms with E-state index in [-0.39, 0.29) is 0 Å². The van der Waals surface area contributed by atoms with E-state index in [0.717, 1.165) is 25.1 Å². The summed E-state index contributed by atoms with van der Waals surface area (Å²) in [5.41, 5.74) is 1.43. The van der Waals surface area contributed by atoms with E-state index in [0.29, 0.717) is 18.0 Å². The third-order valence-corrected chi connectivity index (χ3v) is 6.03. The molecule has 4 rings (SSSR count). The van der Waals surface area contributed by atoms with Crippen LogP contribution in [-0.2, 0) is 4.74 Å². The van der Waals surface area contributed by atoms with Gasteiger partial charge in [-0.25, -0.2) is 0 Å². The van der Waals surface area contributed by atoms with Crippen LogP contribution in [0.1, 0.15) is 37.2 Å². The highest BCUT2D eigenvalue weighted by molar-refractivity contribution is 5.80. The number of hydrogen-bond acceptors (Lipinski definition) is 3. The van der Waals surface area contributed by atoms with Gasteiger partial charge in [0, 0.05) is 51.3 Å². The third-order valence-electron chi connectivity index (χ3n) is 6.03. The lowest BCUT2D eigenvalue weighted by atomic mass is 10.0. The predicted octanol–water partition coefficient (Wildman–Crippen LogP) is 2.21. The average Bonchev–Trinajstić information content (AvgIpc) is 3.26. The molecule has 0 amide bonds. The number of aliphatic imine (C=N–C) groups is 1. The van der Waals surface area contributed by atoms with E-state index in [1.807, 2.05) is 7.05 Å². The maximum Gasteiger partial charge on any atom is 0.191 e. The van der Waals surface area contributed by atoms with Crippen molar-refractivity contribution in [3.05, 3.63) is 35.9 Å². The molecule has 1 aromatic carbocycles. The summed E-state index contributed by atoms with van der Waals surface area (Å²) < 4.78 is 5.51. The first-order chi connectivity index (χ1) is 12.8. The van der Waals surface area contributed by atoms with E-state index in [2.05, 4.69) is 50.9 Å². The van der Waals surface area contributed by atoms with Crippen molar-refractivity contribution >= 4 is 5.96 Å². The van der Waals surface area contributed by atoms with Crippen molar-refractivity contribution < 1.29 is 4.74 Å². The zero-order valence-corrected chi connectivity index (χ0v) is 15.9. The standard InChI is InChI=1S/C21H32N4O/c1-22-21(24-20-13-19(20)17-5-3-2-4-6-17)23-18-7-10-25(11-8-18)14-16-9-12-26-15-16/h2-6,16,18-20H,7-15H2,1H3,(H2,22,23,24). The Morgan fingerprint density at radius 3 is 2.65 bits per heavy atom. The summed E-state index contributed by atoms with van der Waals surface area (Å²) in [4.78, 5) is 7.07. The summed E-state index contributed by atoms with van der Waals surface area (Å²) in [7, 11) is 1.88. The van der Waals surface area contributed by atoms with Crippen LogP contribution in [0.2, 0.25) is 0 Å². The quantitative estimate of drug-likeness (QED) is 0.627. The summed E-state index contributed by atoms with van der Waals surface area (Å²) >= 11 is 0. The molecule has 1 saturated carbocycles. The minimum Gasteiger partial charge on any atom is -0.381 e. The van der Waals surface area contributed by atoms with Gasteiger partial charge in [-0.1, -0.05) is 30.3 Å². The van der Waals surface area contributed by atoms with Gasteiger partial charge >= 0.3 is 0 Å². The minimum atomic E-state index is 0.519. The van der Waals surface area contributed by atoms with Crippen molar-refractivity contribution in [1.29, 1.82) is 0 Å². The van der Waals surface area contributed by atoms with Crippen molar-refractivity contribution in [3.63, 3.8) is 0 Å². The van der Waals surface area contributed by atoms with Crippen LogP contribution in [0.3, 0.4) is 0 Å². The molecule has 142 valence electrons. The molecule has 5 nitrogen and oxygen atoms in total. The molecule has 2 heterocycles. The van der Waals surface area contributed by atoms with Crippen LogP contribution in [0.4, 0.5) is 0 Å². The van der Waals surface area contributed by atoms with Crippen LogP contribution < -0.4 is 10.6 Å². The highest BCUT2D eigenvalue weighted by Gasteiger charge is 2.39. The van der Waals surface area contributed by atoms with Gasteiger partial charge in [0.15, 0.2) is 5.96 Å². The zero-order chi connectivity index (χ0) is 17.8. The lowest BCUT2D eigenvalue weighted by molar-refractivity contribution is 0.150. The van der Waals surface area contributed by atoms with Crippen molar-refractivity contribution in [1.82, 2.24) is 15.5 Å². The predicted molar refractivity (Wildman–Crippen MR) is 106 cm³/mol. The van der Waals surface area contributed by atoms with E-state index >= 15 is 0 Å². The first-order valence-electron chi connectivity index (χ1n) is 10.2. The summed E-state index contributed by atoms with van der Waals surface area (Å²) in [6.07, 6.45) is 4.83. The van der Waals surface area contributed by atoms with Crippen LogP contribution in [0.15, 0.2) is 35.3 Å². The monoisotopic (exact) mass is 356 g/mol. The van der Waals surface area contributed by atoms with Crippen LogP contribution in [-0.4, -0.2) is 62.8 Å². The molecule has 2 aliphatic heterocycles. The third kappa shape index (κ3) is 4.57. The highest BCUT2D eigenvalue weighted by atomic mass is 16.5. The Morgan fingerprint density at radius 2 is 1.96 bits per heavy atom. The van der Waals surface area contributed by atoms with Crippen molar-refractivity contribution in [2.45, 2.75) is 43.7 Å². The minimum absolute atomic E-state index is 0.519. The van der Waals surface area contributed by atoms with Gasteiger partial charge in [0.25, 0.3) is 0 Å². The molecule has 5 heteroatoms. The maximum absolute atomic E-state index is 5.51. The van der Waals surface area contributed by atoms with Crippen molar-refractivity contribution in [3.8, 4) is 0 Å². The Balaban J connectivity index is 1.19. The lowest BCUT2D eigenvalue weighted by Crippen LogP contribution is -2.49. The lowest BCUT2D eigenvalue weighted by Gasteiger charge is -2.34. The number of nitrogens with zero attached hydrogens (tertiary/aromatic N) is 2. The molecule has 0 radical (unpaired) electrons. The summed E-state index contributed by atoms with van der Waals surface area (Å²) in [6, 6.07) is 11.9. The van der Waals surface area contributed by atoms with Gasteiger partial charge in [-0.15, -0.1) is 0 Å². The van der Waals surface area contributed by atoms with Gasteiger partial charge < -0.3 is 20.3 Å². The summed E-state index contributed by atoms with van der Waals surface area (Å²) in [5, 5.41) is 7.27. The fraction of sp³-hybridized carbons (Fsp3) is 0.667. The topological polar surface area (TPSA) is 48.9 Å². The van der Waals surface area contributed by atoms with Crippen LogP contribution >= 0.6 is 0 Å². The maximum atomic E-state index is 5.51. The number of hydrogen-bond donors (Lipinski definition) is 2. The molecule has 1 aliphatic carbocycles. The van der Waals surface area contributed by atoms with Crippen molar-refractivity contribution in [2.75, 3.05) is 39.9 Å². The first kappa shape index (κ1) is 17.8. The second kappa shape index (κ2) is 8.40. The van der Waals surface area contributed by atoms with Gasteiger partial charge in [-0.05, 0) is 37.2 Å². The van der Waals surface area contributed by atoms with Gasteiger partial charge in [0.1, 0.15) is 0 Å². The van der Waals surface area contributed by atoms with Crippen LogP contribution in [0.5, 0.6) is 0 Å². The van der Waals surface area contributed by atoms with Gasteiger partial charge in [0.05, 0.1) is 6.61 Å². The molecule has 0 spiro atoms. The molecular formula is C21H32N4O. The van der Waals surface area contributed by atoms with Crippen molar-refractivity contribution in [2.24, 2.45) is 10.9 Å². The molecule has 0 aromatic heterocycles. The Kier molecular flexibility index (Phi) is 5.75. The molecule has 0 bridgehead atoms. The molecule has 3 aliphatic rings. The number of likely N-dealkylation sites (tertiary alicyclic amines) is 1. The van der Waals surface area contributed by atoms with E-state index in [9.17, 15) is 0 Å². The SMILES string of the molecule is CN=C(NC1CCN(CC2CCOC2)CC1)NC1CC1c1ccccc1. The molecule has 3 unspecified atom stereocenters. The number of ether oxygens (including phenoxy) is 1. The van der Waals surface area contributed by atoms with E-state index in [1.54, 1.807) is 0 Å². The fourth-order valence-corrected chi connectivity index (χ4v) is 4.32.